The van der Waals surface area contributed by atoms with Crippen molar-refractivity contribution in [2.75, 3.05) is 25.1 Å². The van der Waals surface area contributed by atoms with Gasteiger partial charge in [0.1, 0.15) is 11.5 Å². The molecule has 0 radical (unpaired) electrons. The summed E-state index contributed by atoms with van der Waals surface area (Å²) >= 11 is 0. The summed E-state index contributed by atoms with van der Waals surface area (Å²) in [6, 6.07) is 8.00. The predicted octanol–water partition coefficient (Wildman–Crippen LogP) is 2.11. The van der Waals surface area contributed by atoms with Crippen molar-refractivity contribution in [3.05, 3.63) is 24.3 Å². The van der Waals surface area contributed by atoms with Crippen molar-refractivity contribution in [3.8, 4) is 5.75 Å². The fourth-order valence-electron chi connectivity index (χ4n) is 2.12. The van der Waals surface area contributed by atoms with Crippen molar-refractivity contribution >= 4 is 11.5 Å². The lowest BCUT2D eigenvalue weighted by molar-refractivity contribution is -0.120. The number of hydrogen-bond acceptors (Lipinski definition) is 3. The number of Topliss-reactive ketones (excluding diaryl/α,β-unsaturated/α-hetero) is 1. The molecule has 86 valence electrons. The molecule has 1 unspecified atom stereocenters. The van der Waals surface area contributed by atoms with Gasteiger partial charge in [0, 0.05) is 24.7 Å². The number of hydrogen-bond donors (Lipinski definition) is 0. The maximum absolute atomic E-state index is 11.3. The third-order valence-corrected chi connectivity index (χ3v) is 3.20. The molecule has 1 aromatic carbocycles. The van der Waals surface area contributed by atoms with Crippen LogP contribution in [0.15, 0.2) is 24.3 Å². The molecular formula is C13H17NO2. The molecule has 0 aromatic heterocycles. The molecule has 0 saturated carbocycles. The monoisotopic (exact) mass is 219 g/mol. The quantitative estimate of drug-likeness (QED) is 0.779. The number of nitrogens with zero attached hydrogens (tertiary/aromatic N) is 1. The topological polar surface area (TPSA) is 29.5 Å². The van der Waals surface area contributed by atoms with Crippen LogP contribution in [0.4, 0.5) is 5.69 Å². The first kappa shape index (κ1) is 11.0. The predicted molar refractivity (Wildman–Crippen MR) is 64.0 cm³/mol. The van der Waals surface area contributed by atoms with Crippen LogP contribution in [0.25, 0.3) is 0 Å². The normalized spacial score (nSPS) is 19.9. The average Bonchev–Trinajstić information content (AvgIpc) is 2.78. The van der Waals surface area contributed by atoms with Gasteiger partial charge < -0.3 is 9.64 Å². The summed E-state index contributed by atoms with van der Waals surface area (Å²) in [6.45, 7) is 3.50. The highest BCUT2D eigenvalue weighted by atomic mass is 16.5. The zero-order chi connectivity index (χ0) is 11.5. The van der Waals surface area contributed by atoms with Crippen LogP contribution in [0, 0.1) is 5.92 Å². The van der Waals surface area contributed by atoms with Gasteiger partial charge in [-0.3, -0.25) is 4.79 Å². The third kappa shape index (κ3) is 2.18. The molecule has 3 nitrogen and oxygen atoms in total. The standard InChI is InChI=1S/C13H17NO2/c1-10(15)11-7-8-14(9-11)12-3-5-13(16-2)6-4-12/h3-6,11H,7-9H2,1-2H3. The number of ketones is 1. The number of rotatable bonds is 3. The summed E-state index contributed by atoms with van der Waals surface area (Å²) in [5.41, 5.74) is 1.17. The van der Waals surface area contributed by atoms with Gasteiger partial charge in [-0.2, -0.15) is 0 Å². The lowest BCUT2D eigenvalue weighted by atomic mass is 10.1. The first-order valence-electron chi connectivity index (χ1n) is 5.60. The highest BCUT2D eigenvalue weighted by Gasteiger charge is 2.25. The molecule has 0 spiro atoms. The zero-order valence-electron chi connectivity index (χ0n) is 9.77. The maximum Gasteiger partial charge on any atom is 0.134 e. The van der Waals surface area contributed by atoms with Crippen molar-refractivity contribution in [1.82, 2.24) is 0 Å². The molecule has 0 amide bonds. The number of methoxy groups -OCH3 is 1. The molecule has 0 N–H and O–H groups in total. The summed E-state index contributed by atoms with van der Waals surface area (Å²) in [5.74, 6) is 1.38. The van der Waals surface area contributed by atoms with E-state index in [1.54, 1.807) is 14.0 Å². The average molecular weight is 219 g/mol. The van der Waals surface area contributed by atoms with Gasteiger partial charge in [0.15, 0.2) is 0 Å². The van der Waals surface area contributed by atoms with Crippen LogP contribution in [-0.4, -0.2) is 26.0 Å². The lowest BCUT2D eigenvalue weighted by Crippen LogP contribution is -2.21. The molecule has 1 heterocycles. The molecule has 1 aliphatic heterocycles. The molecule has 1 atom stereocenters. The molecular weight excluding hydrogens is 202 g/mol. The van der Waals surface area contributed by atoms with Crippen LogP contribution in [0.2, 0.25) is 0 Å². The summed E-state index contributed by atoms with van der Waals surface area (Å²) in [5, 5.41) is 0. The highest BCUT2D eigenvalue weighted by Crippen LogP contribution is 2.25. The molecule has 1 saturated heterocycles. The number of carbonyl (C=O) groups is 1. The van der Waals surface area contributed by atoms with Crippen molar-refractivity contribution in [1.29, 1.82) is 0 Å². The van der Waals surface area contributed by atoms with Crippen LogP contribution in [-0.2, 0) is 4.79 Å². The number of benzene rings is 1. The first-order chi connectivity index (χ1) is 7.70. The van der Waals surface area contributed by atoms with Gasteiger partial charge in [-0.05, 0) is 37.6 Å². The van der Waals surface area contributed by atoms with Crippen molar-refractivity contribution in [2.24, 2.45) is 5.92 Å². The van der Waals surface area contributed by atoms with Gasteiger partial charge in [0.2, 0.25) is 0 Å². The van der Waals surface area contributed by atoms with Gasteiger partial charge in [0.05, 0.1) is 7.11 Å². The highest BCUT2D eigenvalue weighted by molar-refractivity contribution is 5.79. The number of carbonyl (C=O) groups excluding carboxylic acids is 1. The molecule has 1 fully saturated rings. The van der Waals surface area contributed by atoms with Gasteiger partial charge in [-0.15, -0.1) is 0 Å². The molecule has 3 heteroatoms. The van der Waals surface area contributed by atoms with Gasteiger partial charge in [-0.25, -0.2) is 0 Å². The minimum atomic E-state index is 0.210. The van der Waals surface area contributed by atoms with Gasteiger partial charge in [0.25, 0.3) is 0 Å². The van der Waals surface area contributed by atoms with E-state index in [1.807, 2.05) is 24.3 Å². The van der Waals surface area contributed by atoms with E-state index in [0.717, 1.165) is 25.3 Å². The fraction of sp³-hybridized carbons (Fsp3) is 0.462. The van der Waals surface area contributed by atoms with E-state index in [2.05, 4.69) is 4.90 Å². The van der Waals surface area contributed by atoms with E-state index in [9.17, 15) is 4.79 Å². The summed E-state index contributed by atoms with van der Waals surface area (Å²) in [6.07, 6.45) is 0.974. The minimum absolute atomic E-state index is 0.210. The molecule has 0 bridgehead atoms. The van der Waals surface area contributed by atoms with Crippen LogP contribution < -0.4 is 9.64 Å². The third-order valence-electron chi connectivity index (χ3n) is 3.20. The number of ether oxygens (including phenoxy) is 1. The Hall–Kier alpha value is -1.51. The molecule has 1 aromatic rings. The first-order valence-corrected chi connectivity index (χ1v) is 5.60. The second kappa shape index (κ2) is 4.56. The molecule has 16 heavy (non-hydrogen) atoms. The smallest absolute Gasteiger partial charge is 0.134 e. The maximum atomic E-state index is 11.3. The Labute approximate surface area is 96.0 Å². The van der Waals surface area contributed by atoms with Crippen molar-refractivity contribution in [3.63, 3.8) is 0 Å². The van der Waals surface area contributed by atoms with Gasteiger partial charge >= 0.3 is 0 Å². The fourth-order valence-corrected chi connectivity index (χ4v) is 2.12. The van der Waals surface area contributed by atoms with Gasteiger partial charge in [-0.1, -0.05) is 0 Å². The Bertz CT molecular complexity index is 372. The van der Waals surface area contributed by atoms with E-state index in [-0.39, 0.29) is 5.92 Å². The van der Waals surface area contributed by atoms with Crippen LogP contribution in [0.5, 0.6) is 5.75 Å². The summed E-state index contributed by atoms with van der Waals surface area (Å²) in [7, 11) is 1.66. The molecule has 0 aliphatic carbocycles. The molecule has 2 rings (SSSR count). The minimum Gasteiger partial charge on any atom is -0.497 e. The largest absolute Gasteiger partial charge is 0.497 e. The van der Waals surface area contributed by atoms with Crippen LogP contribution >= 0.6 is 0 Å². The van der Waals surface area contributed by atoms with E-state index < -0.39 is 0 Å². The summed E-state index contributed by atoms with van der Waals surface area (Å²) in [4.78, 5) is 13.5. The Morgan fingerprint density at radius 2 is 2.06 bits per heavy atom. The second-order valence-electron chi connectivity index (χ2n) is 4.24. The number of anilines is 1. The lowest BCUT2D eigenvalue weighted by Gasteiger charge is -2.18. The SMILES string of the molecule is COc1ccc(N2CCC(C(C)=O)C2)cc1. The second-order valence-corrected chi connectivity index (χ2v) is 4.24. The van der Waals surface area contributed by atoms with Crippen molar-refractivity contribution < 1.29 is 9.53 Å². The Balaban J connectivity index is 2.05. The van der Waals surface area contributed by atoms with E-state index in [4.69, 9.17) is 4.74 Å². The zero-order valence-corrected chi connectivity index (χ0v) is 9.77. The van der Waals surface area contributed by atoms with Crippen LogP contribution in [0.1, 0.15) is 13.3 Å². The summed E-state index contributed by atoms with van der Waals surface area (Å²) < 4.78 is 5.12. The van der Waals surface area contributed by atoms with Crippen LogP contribution in [0.3, 0.4) is 0 Å². The Morgan fingerprint density at radius 1 is 1.38 bits per heavy atom. The van der Waals surface area contributed by atoms with E-state index in [1.165, 1.54) is 5.69 Å². The molecule has 1 aliphatic rings. The Kier molecular flexibility index (Phi) is 3.13. The Morgan fingerprint density at radius 3 is 2.56 bits per heavy atom. The van der Waals surface area contributed by atoms with Crippen molar-refractivity contribution in [2.45, 2.75) is 13.3 Å². The van der Waals surface area contributed by atoms with E-state index in [0.29, 0.717) is 5.78 Å². The van der Waals surface area contributed by atoms with E-state index >= 15 is 0 Å².